The molecule has 7 rings (SSSR count). The van der Waals surface area contributed by atoms with Crippen molar-refractivity contribution in [2.24, 2.45) is 29.2 Å². The number of rotatable bonds is 5. The summed E-state index contributed by atoms with van der Waals surface area (Å²) >= 11 is 6.47. The predicted molar refractivity (Wildman–Crippen MR) is 213 cm³/mol. The number of esters is 1. The lowest BCUT2D eigenvalue weighted by molar-refractivity contribution is -0.146. The number of halogens is 1. The summed E-state index contributed by atoms with van der Waals surface area (Å²) in [6.07, 6.45) is 8.71. The van der Waals surface area contributed by atoms with Gasteiger partial charge in [-0.25, -0.2) is 4.21 Å². The molecule has 56 heavy (non-hydrogen) atoms. The number of nitrogens with one attached hydrogen (secondary N) is 1. The van der Waals surface area contributed by atoms with Crippen LogP contribution in [0.5, 0.6) is 11.6 Å². The van der Waals surface area contributed by atoms with Crippen molar-refractivity contribution in [2.45, 2.75) is 75.7 Å². The van der Waals surface area contributed by atoms with Gasteiger partial charge in [-0.1, -0.05) is 30.7 Å². The van der Waals surface area contributed by atoms with E-state index in [1.54, 1.807) is 52.3 Å². The summed E-state index contributed by atoms with van der Waals surface area (Å²) in [5.74, 6) is -1.72. The molecule has 13 nitrogen and oxygen atoms in total. The Hall–Kier alpha value is -4.40. The highest BCUT2D eigenvalue weighted by Gasteiger charge is 2.45. The Morgan fingerprint density at radius 3 is 2.59 bits per heavy atom. The standard InChI is InChI=1S/C41H50ClN5O8S/c1-24-25(2)56(51,45-39(50)32-21-46(4)43-40(32)53-6)44-38(49)28-10-14-37-34(19-28)47(20-29-9-12-31(29)36(52-5)16-15-35(24)55-26(3)48)22-41(23-54-37)17-7-8-27-18-30(42)11-13-33(27)41/h10-11,13-16,18-19,21,24-25,29,31,35-36H,7-9,12,17,20,22-23H2,1-6H3,(H,44,45,49,50,51)/b16-15-/t24-,25-,29+,31-,35+,36-,41+,56?/m1/s1. The van der Waals surface area contributed by atoms with Crippen LogP contribution in [0.1, 0.15) is 78.3 Å². The van der Waals surface area contributed by atoms with Crippen molar-refractivity contribution in [1.29, 1.82) is 0 Å². The Bertz CT molecular complexity index is 2180. The zero-order chi connectivity index (χ0) is 39.9. The lowest BCUT2D eigenvalue weighted by Gasteiger charge is -2.46. The first-order valence-corrected chi connectivity index (χ1v) is 21.1. The topological polar surface area (TPSA) is 151 Å². The number of aromatic nitrogens is 2. The van der Waals surface area contributed by atoms with E-state index in [9.17, 15) is 14.4 Å². The fraction of sp³-hybridized carbons (Fsp3) is 0.512. The maximum Gasteiger partial charge on any atom is 0.303 e. The van der Waals surface area contributed by atoms with Crippen molar-refractivity contribution in [3.63, 3.8) is 0 Å². The maximum absolute atomic E-state index is 15.2. The van der Waals surface area contributed by atoms with Crippen LogP contribution < -0.4 is 19.1 Å². The van der Waals surface area contributed by atoms with E-state index in [4.69, 9.17) is 30.5 Å². The van der Waals surface area contributed by atoms with Gasteiger partial charge in [-0.15, -0.1) is 9.46 Å². The van der Waals surface area contributed by atoms with Crippen LogP contribution in [0.3, 0.4) is 0 Å². The fourth-order valence-electron chi connectivity index (χ4n) is 8.81. The van der Waals surface area contributed by atoms with Gasteiger partial charge in [0.1, 0.15) is 27.3 Å². The number of methoxy groups -OCH3 is 2. The van der Waals surface area contributed by atoms with Gasteiger partial charge in [-0.2, -0.15) is 0 Å². The van der Waals surface area contributed by atoms with Gasteiger partial charge in [0.2, 0.25) is 5.88 Å². The summed E-state index contributed by atoms with van der Waals surface area (Å²) in [6.45, 7) is 6.44. The minimum Gasteiger partial charge on any atom is -0.490 e. The van der Waals surface area contributed by atoms with Crippen molar-refractivity contribution in [3.8, 4) is 11.6 Å². The van der Waals surface area contributed by atoms with E-state index in [0.29, 0.717) is 30.5 Å². The van der Waals surface area contributed by atoms with Crippen molar-refractivity contribution >= 4 is 45.0 Å². The highest BCUT2D eigenvalue weighted by atomic mass is 35.5. The van der Waals surface area contributed by atoms with Crippen LogP contribution in [0.15, 0.2) is 59.1 Å². The van der Waals surface area contributed by atoms with Gasteiger partial charge in [0.05, 0.1) is 30.8 Å². The number of amides is 2. The Balaban J connectivity index is 1.36. The third kappa shape index (κ3) is 7.67. The number of hydrogen-bond donors (Lipinski definition) is 1. The normalized spacial score (nSPS) is 30.7. The Kier molecular flexibility index (Phi) is 11.3. The van der Waals surface area contributed by atoms with E-state index >= 15 is 4.21 Å². The highest BCUT2D eigenvalue weighted by Crippen LogP contribution is 2.47. The second kappa shape index (κ2) is 15.9. The molecule has 2 aliphatic carbocycles. The third-order valence-electron chi connectivity index (χ3n) is 12.2. The quantitative estimate of drug-likeness (QED) is 0.238. The van der Waals surface area contributed by atoms with Gasteiger partial charge in [0, 0.05) is 62.3 Å². The molecular weight excluding hydrogens is 758 g/mol. The van der Waals surface area contributed by atoms with E-state index in [-0.39, 0.29) is 40.4 Å². The minimum atomic E-state index is -3.93. The molecule has 1 saturated carbocycles. The molecular formula is C41H50ClN5O8S. The molecule has 0 saturated heterocycles. The number of aryl methyl sites for hydroxylation is 2. The fourth-order valence-corrected chi connectivity index (χ4v) is 10.9. The molecule has 3 aromatic rings. The van der Waals surface area contributed by atoms with Crippen molar-refractivity contribution in [1.82, 2.24) is 14.5 Å². The number of carbonyl (C=O) groups is 3. The number of anilines is 1. The first kappa shape index (κ1) is 39.8. The van der Waals surface area contributed by atoms with Crippen LogP contribution in [0, 0.1) is 17.8 Å². The maximum atomic E-state index is 15.2. The van der Waals surface area contributed by atoms with Crippen LogP contribution in [0.25, 0.3) is 0 Å². The van der Waals surface area contributed by atoms with E-state index in [0.717, 1.165) is 37.8 Å². The minimum absolute atomic E-state index is 0.0140. The number of fused-ring (bicyclic) bond motifs is 4. The highest BCUT2D eigenvalue weighted by molar-refractivity contribution is 7.93. The van der Waals surface area contributed by atoms with Crippen molar-refractivity contribution in [3.05, 3.63) is 82.0 Å². The molecule has 1 spiro atoms. The second-order valence-electron chi connectivity index (χ2n) is 15.6. The van der Waals surface area contributed by atoms with Crippen molar-refractivity contribution in [2.75, 3.05) is 38.8 Å². The summed E-state index contributed by atoms with van der Waals surface area (Å²) in [4.78, 5) is 42.9. The number of ether oxygens (including phenoxy) is 4. The Labute approximate surface area is 333 Å². The van der Waals surface area contributed by atoms with Crippen LogP contribution >= 0.6 is 11.6 Å². The molecule has 3 heterocycles. The molecule has 300 valence electrons. The largest absolute Gasteiger partial charge is 0.490 e. The smallest absolute Gasteiger partial charge is 0.303 e. The average Bonchev–Trinajstić information content (AvgIpc) is 3.48. The Morgan fingerprint density at radius 2 is 1.88 bits per heavy atom. The number of benzene rings is 2. The van der Waals surface area contributed by atoms with Gasteiger partial charge in [-0.05, 0) is 98.4 Å². The molecule has 8 atom stereocenters. The van der Waals surface area contributed by atoms with Crippen LogP contribution in [0.4, 0.5) is 5.69 Å². The summed E-state index contributed by atoms with van der Waals surface area (Å²) in [5, 5.41) is 3.86. The summed E-state index contributed by atoms with van der Waals surface area (Å²) < 4.78 is 47.3. The van der Waals surface area contributed by atoms with E-state index in [1.807, 2.05) is 12.1 Å². The first-order chi connectivity index (χ1) is 26.7. The van der Waals surface area contributed by atoms with Crippen molar-refractivity contribution < 1.29 is 37.5 Å². The van der Waals surface area contributed by atoms with Gasteiger partial charge < -0.3 is 23.8 Å². The third-order valence-corrected chi connectivity index (χ3v) is 14.7. The molecule has 1 unspecified atom stereocenters. The summed E-state index contributed by atoms with van der Waals surface area (Å²) in [5.41, 5.74) is 3.07. The average molecular weight is 808 g/mol. The number of carbonyl (C=O) groups excluding carboxylic acids is 3. The van der Waals surface area contributed by atoms with Crippen LogP contribution in [-0.2, 0) is 43.1 Å². The molecule has 1 aromatic heterocycles. The van der Waals surface area contributed by atoms with Crippen LogP contribution in [0.2, 0.25) is 5.02 Å². The van der Waals surface area contributed by atoms with E-state index in [2.05, 4.69) is 31.2 Å². The van der Waals surface area contributed by atoms with Gasteiger partial charge in [0.25, 0.3) is 11.8 Å². The zero-order valence-electron chi connectivity index (χ0n) is 32.7. The zero-order valence-corrected chi connectivity index (χ0v) is 34.2. The molecule has 2 bridgehead atoms. The number of nitrogens with zero attached hydrogens (tertiary/aromatic N) is 4. The summed E-state index contributed by atoms with van der Waals surface area (Å²) in [7, 11) is 0.734. The number of hydrogen-bond acceptors (Lipinski definition) is 10. The molecule has 4 aliphatic rings. The van der Waals surface area contributed by atoms with Gasteiger partial charge in [0.15, 0.2) is 0 Å². The van der Waals surface area contributed by atoms with E-state index < -0.39 is 45.0 Å². The molecule has 2 amide bonds. The predicted octanol–water partition coefficient (Wildman–Crippen LogP) is 6.08. The first-order valence-electron chi connectivity index (χ1n) is 19.1. The monoisotopic (exact) mass is 807 g/mol. The lowest BCUT2D eigenvalue weighted by atomic mass is 9.68. The molecule has 1 N–H and O–H groups in total. The Morgan fingerprint density at radius 1 is 1.09 bits per heavy atom. The van der Waals surface area contributed by atoms with Crippen LogP contribution in [-0.4, -0.2) is 83.1 Å². The molecule has 15 heteroatoms. The van der Waals surface area contributed by atoms with Gasteiger partial charge >= 0.3 is 5.97 Å². The lowest BCUT2D eigenvalue weighted by Crippen LogP contribution is -2.49. The van der Waals surface area contributed by atoms with E-state index in [1.165, 1.54) is 36.0 Å². The molecule has 1 fully saturated rings. The molecule has 0 radical (unpaired) electrons. The molecule has 2 aliphatic heterocycles. The van der Waals surface area contributed by atoms with Gasteiger partial charge in [-0.3, -0.25) is 23.8 Å². The summed E-state index contributed by atoms with van der Waals surface area (Å²) in [6, 6.07) is 11.3. The second-order valence-corrected chi connectivity index (χ2v) is 18.3. The molecule has 2 aromatic carbocycles. The SMILES string of the molecule is COc1nn(C)cc1C(=O)NS1(=O)=NC(=O)c2ccc3c(c2)N(C[C@@H]2CC[C@H]2[C@H](OC)/C=C\[C@H](OC(C)=O)[C@H](C)[C@H]1C)C[C@@]1(CCCc2cc(Cl)ccc21)CO3.